The van der Waals surface area contributed by atoms with Crippen molar-refractivity contribution < 1.29 is 4.79 Å². The van der Waals surface area contributed by atoms with Gasteiger partial charge in [0.15, 0.2) is 0 Å². The molecule has 0 unspecified atom stereocenters. The van der Waals surface area contributed by atoms with Gasteiger partial charge in [0, 0.05) is 44.8 Å². The lowest BCUT2D eigenvalue weighted by atomic mass is 10.1. The summed E-state index contributed by atoms with van der Waals surface area (Å²) in [6.07, 6.45) is 0. The molecule has 1 heterocycles. The molecule has 5 nitrogen and oxygen atoms in total. The monoisotopic (exact) mass is 440 g/mol. The van der Waals surface area contributed by atoms with E-state index in [0.29, 0.717) is 5.56 Å². The fourth-order valence-electron chi connectivity index (χ4n) is 4.03. The van der Waals surface area contributed by atoms with Gasteiger partial charge in [0.05, 0.1) is 5.71 Å². The number of hydrazone groups is 1. The smallest absolute Gasteiger partial charge is 0.271 e. The van der Waals surface area contributed by atoms with Crippen LogP contribution in [0, 0.1) is 6.92 Å². The molecule has 1 N–H and O–H groups in total. The third-order valence-corrected chi connectivity index (χ3v) is 6.13. The van der Waals surface area contributed by atoms with E-state index >= 15 is 0 Å². The molecular weight excluding hydrogens is 408 g/mol. The largest absolute Gasteiger partial charge is 0.297 e. The van der Waals surface area contributed by atoms with Gasteiger partial charge < -0.3 is 0 Å². The van der Waals surface area contributed by atoms with Crippen molar-refractivity contribution in [3.63, 3.8) is 0 Å². The fourth-order valence-corrected chi connectivity index (χ4v) is 4.03. The summed E-state index contributed by atoms with van der Waals surface area (Å²) in [7, 11) is 0. The molecule has 1 fully saturated rings. The van der Waals surface area contributed by atoms with E-state index in [1.54, 1.807) is 0 Å². The second kappa shape index (κ2) is 11.0. The van der Waals surface area contributed by atoms with Crippen molar-refractivity contribution in [1.29, 1.82) is 0 Å². The number of carbonyl (C=O) groups is 1. The number of amides is 1. The van der Waals surface area contributed by atoms with Crippen LogP contribution in [0.3, 0.4) is 0 Å². The third-order valence-electron chi connectivity index (χ3n) is 6.13. The maximum Gasteiger partial charge on any atom is 0.271 e. The Morgan fingerprint density at radius 2 is 1.27 bits per heavy atom. The second-order valence-electron chi connectivity index (χ2n) is 8.74. The number of nitrogens with zero attached hydrogens (tertiary/aromatic N) is 3. The number of carbonyl (C=O) groups excluding carboxylic acids is 1. The molecule has 0 radical (unpaired) electrons. The predicted molar refractivity (Wildman–Crippen MR) is 134 cm³/mol. The summed E-state index contributed by atoms with van der Waals surface area (Å²) >= 11 is 0. The van der Waals surface area contributed by atoms with Gasteiger partial charge in [-0.3, -0.25) is 14.6 Å². The molecule has 3 aromatic carbocycles. The lowest BCUT2D eigenvalue weighted by Gasteiger charge is -2.34. The molecule has 0 saturated carbocycles. The predicted octanol–water partition coefficient (Wildman–Crippen LogP) is 4.47. The van der Waals surface area contributed by atoms with Crippen LogP contribution in [0.5, 0.6) is 0 Å². The van der Waals surface area contributed by atoms with Crippen molar-refractivity contribution in [2.75, 3.05) is 26.2 Å². The fraction of sp³-hybridized carbons (Fsp3) is 0.286. The van der Waals surface area contributed by atoms with E-state index in [2.05, 4.69) is 50.7 Å². The van der Waals surface area contributed by atoms with E-state index in [9.17, 15) is 4.79 Å². The molecule has 0 bridgehead atoms. The maximum atomic E-state index is 12.5. The minimum absolute atomic E-state index is 0.192. The Labute approximate surface area is 196 Å². The first-order valence-electron chi connectivity index (χ1n) is 11.6. The van der Waals surface area contributed by atoms with Crippen molar-refractivity contribution in [2.24, 2.45) is 5.10 Å². The molecular formula is C28H32N4O. The summed E-state index contributed by atoms with van der Waals surface area (Å²) in [5, 5.41) is 4.26. The number of benzene rings is 3. The molecule has 0 aromatic heterocycles. The summed E-state index contributed by atoms with van der Waals surface area (Å²) < 4.78 is 0. The Hall–Kier alpha value is -3.28. The van der Waals surface area contributed by atoms with Gasteiger partial charge in [0.1, 0.15) is 0 Å². The van der Waals surface area contributed by atoms with E-state index in [1.807, 2.05) is 62.4 Å². The Morgan fingerprint density at radius 1 is 0.758 bits per heavy atom. The van der Waals surface area contributed by atoms with E-state index in [-0.39, 0.29) is 5.91 Å². The van der Waals surface area contributed by atoms with Crippen LogP contribution in [-0.2, 0) is 13.1 Å². The van der Waals surface area contributed by atoms with Crippen LogP contribution in [0.25, 0.3) is 0 Å². The topological polar surface area (TPSA) is 47.9 Å². The van der Waals surface area contributed by atoms with E-state index in [1.165, 1.54) is 16.7 Å². The molecule has 0 spiro atoms. The highest BCUT2D eigenvalue weighted by atomic mass is 16.2. The summed E-state index contributed by atoms with van der Waals surface area (Å²) in [6.45, 7) is 10.1. The molecule has 4 rings (SSSR count). The first-order valence-corrected chi connectivity index (χ1v) is 11.6. The lowest BCUT2D eigenvalue weighted by Crippen LogP contribution is -2.45. The number of piperazine rings is 1. The van der Waals surface area contributed by atoms with Crippen molar-refractivity contribution in [3.05, 3.63) is 107 Å². The standard InChI is InChI=1S/C28H32N4O/c1-22-8-12-26(13-9-22)23(2)29-30-28(33)27-14-10-25(11-15-27)21-32-18-16-31(17-19-32)20-24-6-4-3-5-7-24/h3-15H,16-21H2,1-2H3,(H,30,33)/b29-23-. The summed E-state index contributed by atoms with van der Waals surface area (Å²) in [5.41, 5.74) is 8.87. The van der Waals surface area contributed by atoms with Crippen molar-refractivity contribution in [3.8, 4) is 0 Å². The zero-order valence-corrected chi connectivity index (χ0v) is 19.5. The number of hydrogen-bond donors (Lipinski definition) is 1. The zero-order valence-electron chi connectivity index (χ0n) is 19.5. The molecule has 0 aliphatic carbocycles. The highest BCUT2D eigenvalue weighted by molar-refractivity contribution is 6.00. The summed E-state index contributed by atoms with van der Waals surface area (Å²) in [5.74, 6) is -0.192. The Morgan fingerprint density at radius 3 is 1.85 bits per heavy atom. The molecule has 3 aromatic rings. The van der Waals surface area contributed by atoms with E-state index < -0.39 is 0 Å². The van der Waals surface area contributed by atoms with Crippen LogP contribution >= 0.6 is 0 Å². The summed E-state index contributed by atoms with van der Waals surface area (Å²) in [4.78, 5) is 17.5. The Kier molecular flexibility index (Phi) is 7.66. The van der Waals surface area contributed by atoms with E-state index in [4.69, 9.17) is 0 Å². The van der Waals surface area contributed by atoms with E-state index in [0.717, 1.165) is 50.5 Å². The van der Waals surface area contributed by atoms with Gasteiger partial charge in [-0.25, -0.2) is 5.43 Å². The van der Waals surface area contributed by atoms with Crippen LogP contribution in [0.15, 0.2) is 84.0 Å². The van der Waals surface area contributed by atoms with Crippen molar-refractivity contribution in [2.45, 2.75) is 26.9 Å². The molecule has 170 valence electrons. The van der Waals surface area contributed by atoms with Crippen molar-refractivity contribution >= 4 is 11.6 Å². The maximum absolute atomic E-state index is 12.5. The van der Waals surface area contributed by atoms with Gasteiger partial charge in [0.2, 0.25) is 0 Å². The summed E-state index contributed by atoms with van der Waals surface area (Å²) in [6, 6.07) is 26.6. The third kappa shape index (κ3) is 6.60. The molecule has 1 amide bonds. The van der Waals surface area contributed by atoms with Crippen LogP contribution in [0.1, 0.15) is 39.5 Å². The minimum atomic E-state index is -0.192. The number of hydrogen-bond acceptors (Lipinski definition) is 4. The highest BCUT2D eigenvalue weighted by Gasteiger charge is 2.17. The van der Waals surface area contributed by atoms with Gasteiger partial charge in [-0.15, -0.1) is 0 Å². The van der Waals surface area contributed by atoms with Crippen LogP contribution in [0.4, 0.5) is 0 Å². The molecule has 1 saturated heterocycles. The number of nitrogens with one attached hydrogen (secondary N) is 1. The first-order chi connectivity index (χ1) is 16.1. The van der Waals surface area contributed by atoms with Crippen LogP contribution < -0.4 is 5.43 Å². The number of rotatable bonds is 7. The van der Waals surface area contributed by atoms with Crippen LogP contribution in [-0.4, -0.2) is 47.6 Å². The van der Waals surface area contributed by atoms with Gasteiger partial charge in [-0.05, 0) is 42.7 Å². The molecule has 1 aliphatic rings. The van der Waals surface area contributed by atoms with Gasteiger partial charge in [-0.2, -0.15) is 5.10 Å². The average molecular weight is 441 g/mol. The average Bonchev–Trinajstić information content (AvgIpc) is 2.85. The lowest BCUT2D eigenvalue weighted by molar-refractivity contribution is 0.0954. The van der Waals surface area contributed by atoms with Gasteiger partial charge in [0.25, 0.3) is 5.91 Å². The second-order valence-corrected chi connectivity index (χ2v) is 8.74. The minimum Gasteiger partial charge on any atom is -0.297 e. The molecule has 5 heteroatoms. The molecule has 33 heavy (non-hydrogen) atoms. The number of aryl methyl sites for hydroxylation is 1. The Balaban J connectivity index is 1.25. The molecule has 1 aliphatic heterocycles. The van der Waals surface area contributed by atoms with Crippen molar-refractivity contribution in [1.82, 2.24) is 15.2 Å². The van der Waals surface area contributed by atoms with Crippen LogP contribution in [0.2, 0.25) is 0 Å². The molecule has 0 atom stereocenters. The SMILES string of the molecule is C/C(=N/NC(=O)c1ccc(CN2CCN(Cc3ccccc3)CC2)cc1)c1ccc(C)cc1. The normalized spacial score (nSPS) is 15.4. The van der Waals surface area contributed by atoms with Gasteiger partial charge in [-0.1, -0.05) is 72.3 Å². The quantitative estimate of drug-likeness (QED) is 0.436. The zero-order chi connectivity index (χ0) is 23.0. The Bertz CT molecular complexity index is 1070. The highest BCUT2D eigenvalue weighted by Crippen LogP contribution is 2.13. The van der Waals surface area contributed by atoms with Gasteiger partial charge >= 0.3 is 0 Å². The first kappa shape index (κ1) is 22.9.